The molecule has 2 heterocycles. The molecule has 1 aliphatic rings. The van der Waals surface area contributed by atoms with Crippen LogP contribution in [-0.2, 0) is 13.2 Å². The van der Waals surface area contributed by atoms with Crippen molar-refractivity contribution < 1.29 is 9.50 Å². The van der Waals surface area contributed by atoms with Crippen LogP contribution in [0.15, 0.2) is 47.6 Å². The molecule has 0 spiro atoms. The van der Waals surface area contributed by atoms with E-state index in [2.05, 4.69) is 20.1 Å². The molecule has 0 amide bonds. The van der Waals surface area contributed by atoms with Gasteiger partial charge >= 0.3 is 0 Å². The molecule has 152 valence electrons. The molecule has 0 aliphatic carbocycles. The predicted molar refractivity (Wildman–Crippen MR) is 121 cm³/mol. The molecule has 2 N–H and O–H groups in total. The summed E-state index contributed by atoms with van der Waals surface area (Å²) in [5, 5.41) is 12.6. The fourth-order valence-corrected chi connectivity index (χ4v) is 3.13. The lowest BCUT2D eigenvalue weighted by Gasteiger charge is -2.37. The van der Waals surface area contributed by atoms with Crippen LogP contribution < -0.4 is 10.2 Å². The minimum atomic E-state index is -0.386. The van der Waals surface area contributed by atoms with Crippen LogP contribution in [0, 0.1) is 5.82 Å². The van der Waals surface area contributed by atoms with Crippen molar-refractivity contribution in [1.82, 2.24) is 15.2 Å². The zero-order chi connectivity index (χ0) is 19.1. The molecule has 1 aliphatic heterocycles. The standard InChI is InChI=1S/C20H26FN5O.HI/c1-2-22-20(24-14-16-6-7-18(21)17(13-16)15-27)26-11-9-25(10-12-26)19-5-3-4-8-23-19;/h3-8,13,27H,2,9-12,14-15H2,1H3,(H,22,24);1H. The minimum Gasteiger partial charge on any atom is -0.392 e. The average Bonchev–Trinajstić information content (AvgIpc) is 2.73. The average molecular weight is 499 g/mol. The van der Waals surface area contributed by atoms with E-state index >= 15 is 0 Å². The molecule has 0 saturated carbocycles. The number of aliphatic imine (C=N–C) groups is 1. The van der Waals surface area contributed by atoms with E-state index in [1.807, 2.05) is 31.3 Å². The van der Waals surface area contributed by atoms with E-state index in [1.165, 1.54) is 6.07 Å². The molecule has 1 aromatic carbocycles. The van der Waals surface area contributed by atoms with Gasteiger partial charge in [-0.15, -0.1) is 24.0 Å². The van der Waals surface area contributed by atoms with Crippen molar-refractivity contribution in [2.45, 2.75) is 20.1 Å². The number of halogens is 2. The topological polar surface area (TPSA) is 64.0 Å². The van der Waals surface area contributed by atoms with Gasteiger partial charge in [-0.3, -0.25) is 0 Å². The Morgan fingerprint density at radius 2 is 2.00 bits per heavy atom. The molecule has 0 bridgehead atoms. The van der Waals surface area contributed by atoms with Gasteiger partial charge in [-0.05, 0) is 36.8 Å². The molecular formula is C20H27FIN5O. The van der Waals surface area contributed by atoms with E-state index in [-0.39, 0.29) is 36.4 Å². The first-order valence-electron chi connectivity index (χ1n) is 9.28. The number of aliphatic hydroxyl groups is 1. The number of guanidine groups is 1. The Morgan fingerprint density at radius 3 is 2.64 bits per heavy atom. The van der Waals surface area contributed by atoms with E-state index in [0.717, 1.165) is 50.1 Å². The second kappa shape index (κ2) is 11.2. The lowest BCUT2D eigenvalue weighted by molar-refractivity contribution is 0.275. The van der Waals surface area contributed by atoms with Crippen LogP contribution >= 0.6 is 24.0 Å². The van der Waals surface area contributed by atoms with Gasteiger partial charge < -0.3 is 20.2 Å². The Morgan fingerprint density at radius 1 is 1.21 bits per heavy atom. The number of piperazine rings is 1. The Balaban J connectivity index is 0.00000280. The number of anilines is 1. The third-order valence-corrected chi connectivity index (χ3v) is 4.58. The normalized spacial score (nSPS) is 14.6. The van der Waals surface area contributed by atoms with Gasteiger partial charge in [0, 0.05) is 44.5 Å². The summed E-state index contributed by atoms with van der Waals surface area (Å²) in [4.78, 5) is 13.6. The summed E-state index contributed by atoms with van der Waals surface area (Å²) < 4.78 is 13.5. The Bertz CT molecular complexity index is 766. The number of nitrogens with zero attached hydrogens (tertiary/aromatic N) is 4. The van der Waals surface area contributed by atoms with Crippen molar-refractivity contribution in [3.63, 3.8) is 0 Å². The van der Waals surface area contributed by atoms with Crippen LogP contribution in [0.1, 0.15) is 18.1 Å². The Kier molecular flexibility index (Phi) is 8.91. The highest BCUT2D eigenvalue weighted by atomic mass is 127. The van der Waals surface area contributed by atoms with Gasteiger partial charge in [0.2, 0.25) is 0 Å². The molecule has 1 aromatic heterocycles. The first kappa shape index (κ1) is 22.4. The summed E-state index contributed by atoms with van der Waals surface area (Å²) in [7, 11) is 0. The van der Waals surface area contributed by atoms with Gasteiger partial charge in [-0.25, -0.2) is 14.4 Å². The summed E-state index contributed by atoms with van der Waals surface area (Å²) in [5.74, 6) is 1.47. The third-order valence-electron chi connectivity index (χ3n) is 4.58. The summed E-state index contributed by atoms with van der Waals surface area (Å²) in [6.45, 7) is 6.43. The maximum absolute atomic E-state index is 13.5. The number of nitrogens with one attached hydrogen (secondary N) is 1. The number of aromatic nitrogens is 1. The van der Waals surface area contributed by atoms with Gasteiger partial charge in [-0.1, -0.05) is 12.1 Å². The van der Waals surface area contributed by atoms with Crippen LogP contribution in [0.2, 0.25) is 0 Å². The van der Waals surface area contributed by atoms with Crippen LogP contribution in [0.25, 0.3) is 0 Å². The number of hydrogen-bond acceptors (Lipinski definition) is 4. The van der Waals surface area contributed by atoms with Crippen molar-refractivity contribution in [1.29, 1.82) is 0 Å². The SMILES string of the molecule is CCNC(=NCc1ccc(F)c(CO)c1)N1CCN(c2ccccn2)CC1.I. The van der Waals surface area contributed by atoms with Crippen molar-refractivity contribution in [2.75, 3.05) is 37.6 Å². The number of hydrogen-bond donors (Lipinski definition) is 2. The summed E-state index contributed by atoms with van der Waals surface area (Å²) in [5.41, 5.74) is 1.18. The molecule has 0 radical (unpaired) electrons. The van der Waals surface area contributed by atoms with Crippen LogP contribution in [0.3, 0.4) is 0 Å². The minimum absolute atomic E-state index is 0. The second-order valence-electron chi connectivity index (χ2n) is 6.42. The van der Waals surface area contributed by atoms with Crippen molar-refractivity contribution in [3.8, 4) is 0 Å². The van der Waals surface area contributed by atoms with Gasteiger partial charge in [0.1, 0.15) is 11.6 Å². The monoisotopic (exact) mass is 499 g/mol. The summed E-state index contributed by atoms with van der Waals surface area (Å²) in [6, 6.07) is 10.7. The van der Waals surface area contributed by atoms with Gasteiger partial charge in [0.25, 0.3) is 0 Å². The van der Waals surface area contributed by atoms with Gasteiger partial charge in [0.05, 0.1) is 13.2 Å². The lowest BCUT2D eigenvalue weighted by atomic mass is 10.1. The highest BCUT2D eigenvalue weighted by molar-refractivity contribution is 14.0. The number of aliphatic hydroxyl groups excluding tert-OH is 1. The fraction of sp³-hybridized carbons (Fsp3) is 0.400. The molecule has 0 unspecified atom stereocenters. The molecular weight excluding hydrogens is 472 g/mol. The lowest BCUT2D eigenvalue weighted by Crippen LogP contribution is -2.52. The Labute approximate surface area is 182 Å². The summed E-state index contributed by atoms with van der Waals surface area (Å²) >= 11 is 0. The Hall–Kier alpha value is -1.94. The maximum atomic E-state index is 13.5. The highest BCUT2D eigenvalue weighted by Crippen LogP contribution is 2.14. The zero-order valence-electron chi connectivity index (χ0n) is 16.0. The quantitative estimate of drug-likeness (QED) is 0.377. The van der Waals surface area contributed by atoms with Crippen LogP contribution in [0.4, 0.5) is 10.2 Å². The second-order valence-corrected chi connectivity index (χ2v) is 6.42. The maximum Gasteiger partial charge on any atom is 0.194 e. The van der Waals surface area contributed by atoms with Crippen LogP contribution in [0.5, 0.6) is 0 Å². The highest BCUT2D eigenvalue weighted by Gasteiger charge is 2.20. The summed E-state index contributed by atoms with van der Waals surface area (Å²) in [6.07, 6.45) is 1.82. The number of pyridine rings is 1. The number of rotatable bonds is 5. The third kappa shape index (κ3) is 5.78. The van der Waals surface area contributed by atoms with Crippen LogP contribution in [-0.4, -0.2) is 53.7 Å². The smallest absolute Gasteiger partial charge is 0.194 e. The first-order valence-corrected chi connectivity index (χ1v) is 9.28. The van der Waals surface area contributed by atoms with E-state index in [9.17, 15) is 9.50 Å². The van der Waals surface area contributed by atoms with E-state index in [4.69, 9.17) is 4.99 Å². The van der Waals surface area contributed by atoms with Crippen molar-refractivity contribution in [2.24, 2.45) is 4.99 Å². The molecule has 3 rings (SSSR count). The van der Waals surface area contributed by atoms with E-state index in [1.54, 1.807) is 12.1 Å². The number of benzene rings is 1. The first-order chi connectivity index (χ1) is 13.2. The molecule has 0 atom stereocenters. The molecule has 6 nitrogen and oxygen atoms in total. The van der Waals surface area contributed by atoms with Gasteiger partial charge in [-0.2, -0.15) is 0 Å². The van der Waals surface area contributed by atoms with Crippen molar-refractivity contribution >= 4 is 35.8 Å². The van der Waals surface area contributed by atoms with Gasteiger partial charge in [0.15, 0.2) is 5.96 Å². The molecule has 2 aromatic rings. The predicted octanol–water partition coefficient (Wildman–Crippen LogP) is 2.62. The molecule has 28 heavy (non-hydrogen) atoms. The van der Waals surface area contributed by atoms with E-state index in [0.29, 0.717) is 12.1 Å². The largest absolute Gasteiger partial charge is 0.392 e. The fourth-order valence-electron chi connectivity index (χ4n) is 3.13. The van der Waals surface area contributed by atoms with E-state index < -0.39 is 0 Å². The molecule has 1 saturated heterocycles. The molecule has 8 heteroatoms. The van der Waals surface area contributed by atoms with Crippen molar-refractivity contribution in [3.05, 3.63) is 59.5 Å². The molecule has 1 fully saturated rings. The zero-order valence-corrected chi connectivity index (χ0v) is 18.3.